The molecular formula is C15H30N2O. The summed E-state index contributed by atoms with van der Waals surface area (Å²) in [5.74, 6) is 2.34. The molecule has 0 aromatic carbocycles. The second-order valence-electron chi connectivity index (χ2n) is 6.51. The number of piperidine rings is 1. The van der Waals surface area contributed by atoms with Crippen molar-refractivity contribution in [2.75, 3.05) is 26.3 Å². The number of likely N-dealkylation sites (tertiary alicyclic amines) is 1. The molecule has 4 unspecified atom stereocenters. The van der Waals surface area contributed by atoms with Crippen LogP contribution >= 0.6 is 0 Å². The van der Waals surface area contributed by atoms with E-state index in [1.54, 1.807) is 0 Å². The first-order valence-corrected chi connectivity index (χ1v) is 7.67. The number of ether oxygens (including phenoxy) is 1. The monoisotopic (exact) mass is 254 g/mol. The highest BCUT2D eigenvalue weighted by atomic mass is 16.5. The zero-order valence-electron chi connectivity index (χ0n) is 12.3. The fourth-order valence-electron chi connectivity index (χ4n) is 3.90. The van der Waals surface area contributed by atoms with Gasteiger partial charge in [0.25, 0.3) is 0 Å². The van der Waals surface area contributed by atoms with Gasteiger partial charge in [-0.05, 0) is 43.9 Å². The molecule has 3 nitrogen and oxygen atoms in total. The molecule has 18 heavy (non-hydrogen) atoms. The third kappa shape index (κ3) is 3.06. The van der Waals surface area contributed by atoms with E-state index in [9.17, 15) is 0 Å². The Balaban J connectivity index is 2.04. The SMILES string of the molecule is CC1CC(C)C(C)N(C(CN)C2CCOCC2)C1. The van der Waals surface area contributed by atoms with Crippen molar-refractivity contribution in [1.29, 1.82) is 0 Å². The van der Waals surface area contributed by atoms with E-state index < -0.39 is 0 Å². The molecule has 3 heteroatoms. The first-order valence-electron chi connectivity index (χ1n) is 7.67. The molecule has 2 saturated heterocycles. The summed E-state index contributed by atoms with van der Waals surface area (Å²) in [6, 6.07) is 1.24. The maximum atomic E-state index is 6.11. The number of nitrogens with zero attached hydrogens (tertiary/aromatic N) is 1. The van der Waals surface area contributed by atoms with Crippen LogP contribution < -0.4 is 5.73 Å². The van der Waals surface area contributed by atoms with Crippen LogP contribution in [0.3, 0.4) is 0 Å². The number of hydrogen-bond donors (Lipinski definition) is 1. The van der Waals surface area contributed by atoms with Crippen LogP contribution in [0.5, 0.6) is 0 Å². The van der Waals surface area contributed by atoms with Crippen LogP contribution in [0.15, 0.2) is 0 Å². The van der Waals surface area contributed by atoms with E-state index in [2.05, 4.69) is 25.7 Å². The van der Waals surface area contributed by atoms with E-state index in [1.807, 2.05) is 0 Å². The second-order valence-corrected chi connectivity index (χ2v) is 6.51. The van der Waals surface area contributed by atoms with E-state index in [-0.39, 0.29) is 0 Å². The number of hydrogen-bond acceptors (Lipinski definition) is 3. The van der Waals surface area contributed by atoms with Gasteiger partial charge in [0.05, 0.1) is 0 Å². The highest BCUT2D eigenvalue weighted by molar-refractivity contribution is 4.90. The van der Waals surface area contributed by atoms with Gasteiger partial charge in [-0.2, -0.15) is 0 Å². The molecule has 0 radical (unpaired) electrons. The molecule has 2 aliphatic heterocycles. The van der Waals surface area contributed by atoms with E-state index >= 15 is 0 Å². The molecule has 0 aromatic rings. The molecule has 4 atom stereocenters. The molecule has 0 amide bonds. The van der Waals surface area contributed by atoms with Crippen LogP contribution in [0.1, 0.15) is 40.0 Å². The Kier molecular flexibility index (Phi) is 5.05. The maximum absolute atomic E-state index is 6.11. The van der Waals surface area contributed by atoms with Crippen LogP contribution in [0.25, 0.3) is 0 Å². The van der Waals surface area contributed by atoms with Gasteiger partial charge in [0.1, 0.15) is 0 Å². The summed E-state index contributed by atoms with van der Waals surface area (Å²) in [7, 11) is 0. The van der Waals surface area contributed by atoms with Gasteiger partial charge >= 0.3 is 0 Å². The summed E-state index contributed by atoms with van der Waals surface area (Å²) in [4.78, 5) is 2.70. The van der Waals surface area contributed by atoms with Crippen LogP contribution in [-0.4, -0.2) is 43.3 Å². The Hall–Kier alpha value is -0.120. The molecule has 2 aliphatic rings. The van der Waals surface area contributed by atoms with Gasteiger partial charge in [-0.3, -0.25) is 4.90 Å². The first-order chi connectivity index (χ1) is 8.63. The van der Waals surface area contributed by atoms with Gasteiger partial charge in [-0.25, -0.2) is 0 Å². The lowest BCUT2D eigenvalue weighted by Crippen LogP contribution is -2.56. The normalized spacial score (nSPS) is 37.7. The standard InChI is InChI=1S/C15H30N2O/c1-11-8-12(2)13(3)17(10-11)15(9-16)14-4-6-18-7-5-14/h11-15H,4-10,16H2,1-3H3. The molecule has 0 spiro atoms. The van der Waals surface area contributed by atoms with Crippen molar-refractivity contribution in [3.63, 3.8) is 0 Å². The predicted molar refractivity (Wildman–Crippen MR) is 75.5 cm³/mol. The van der Waals surface area contributed by atoms with Crippen LogP contribution in [0, 0.1) is 17.8 Å². The van der Waals surface area contributed by atoms with Crippen LogP contribution in [0.4, 0.5) is 0 Å². The molecule has 0 saturated carbocycles. The third-order valence-electron chi connectivity index (χ3n) is 5.12. The van der Waals surface area contributed by atoms with Gasteiger partial charge in [0.2, 0.25) is 0 Å². The second kappa shape index (κ2) is 6.36. The van der Waals surface area contributed by atoms with Crippen molar-refractivity contribution in [2.45, 2.75) is 52.1 Å². The smallest absolute Gasteiger partial charge is 0.0469 e. The molecule has 2 heterocycles. The fourth-order valence-corrected chi connectivity index (χ4v) is 3.90. The highest BCUT2D eigenvalue weighted by Gasteiger charge is 2.36. The topological polar surface area (TPSA) is 38.5 Å². The molecule has 2 N–H and O–H groups in total. The van der Waals surface area contributed by atoms with E-state index in [0.29, 0.717) is 12.1 Å². The molecular weight excluding hydrogens is 224 g/mol. The summed E-state index contributed by atoms with van der Waals surface area (Å²) >= 11 is 0. The van der Waals surface area contributed by atoms with E-state index in [1.165, 1.54) is 25.8 Å². The van der Waals surface area contributed by atoms with Gasteiger partial charge in [0, 0.05) is 38.4 Å². The van der Waals surface area contributed by atoms with Crippen molar-refractivity contribution in [3.8, 4) is 0 Å². The molecule has 0 aliphatic carbocycles. The number of nitrogens with two attached hydrogens (primary N) is 1. The van der Waals surface area contributed by atoms with Crippen molar-refractivity contribution in [2.24, 2.45) is 23.5 Å². The van der Waals surface area contributed by atoms with Gasteiger partial charge in [0.15, 0.2) is 0 Å². The molecule has 0 aromatic heterocycles. The van der Waals surface area contributed by atoms with E-state index in [4.69, 9.17) is 10.5 Å². The summed E-state index contributed by atoms with van der Waals surface area (Å²) in [5.41, 5.74) is 6.11. The largest absolute Gasteiger partial charge is 0.381 e. The first kappa shape index (κ1) is 14.3. The van der Waals surface area contributed by atoms with Crippen molar-refractivity contribution >= 4 is 0 Å². The molecule has 2 rings (SSSR count). The summed E-state index contributed by atoms with van der Waals surface area (Å²) in [5, 5.41) is 0. The van der Waals surface area contributed by atoms with Crippen molar-refractivity contribution in [3.05, 3.63) is 0 Å². The van der Waals surface area contributed by atoms with E-state index in [0.717, 1.165) is 37.5 Å². The Bertz CT molecular complexity index is 253. The third-order valence-corrected chi connectivity index (χ3v) is 5.12. The lowest BCUT2D eigenvalue weighted by Gasteiger charge is -2.48. The zero-order chi connectivity index (χ0) is 13.1. The predicted octanol–water partition coefficient (Wildman–Crippen LogP) is 2.11. The molecule has 106 valence electrons. The fraction of sp³-hybridized carbons (Fsp3) is 1.00. The van der Waals surface area contributed by atoms with Crippen LogP contribution in [0.2, 0.25) is 0 Å². The lowest BCUT2D eigenvalue weighted by molar-refractivity contribution is -0.0162. The molecule has 2 fully saturated rings. The molecule has 0 bridgehead atoms. The summed E-state index contributed by atoms with van der Waals surface area (Å²) in [6.07, 6.45) is 3.74. The minimum Gasteiger partial charge on any atom is -0.381 e. The van der Waals surface area contributed by atoms with Gasteiger partial charge in [-0.15, -0.1) is 0 Å². The quantitative estimate of drug-likeness (QED) is 0.838. The summed E-state index contributed by atoms with van der Waals surface area (Å²) in [6.45, 7) is 11.0. The average molecular weight is 254 g/mol. The Morgan fingerprint density at radius 2 is 1.89 bits per heavy atom. The highest BCUT2D eigenvalue weighted by Crippen LogP contribution is 2.32. The lowest BCUT2D eigenvalue weighted by atomic mass is 9.81. The van der Waals surface area contributed by atoms with Crippen molar-refractivity contribution in [1.82, 2.24) is 4.90 Å². The maximum Gasteiger partial charge on any atom is 0.0469 e. The Labute approximate surface area is 112 Å². The van der Waals surface area contributed by atoms with Gasteiger partial charge in [-0.1, -0.05) is 13.8 Å². The Morgan fingerprint density at radius 1 is 1.22 bits per heavy atom. The minimum absolute atomic E-state index is 0.564. The Morgan fingerprint density at radius 3 is 2.50 bits per heavy atom. The zero-order valence-corrected chi connectivity index (χ0v) is 12.3. The summed E-state index contributed by atoms with van der Waals surface area (Å²) < 4.78 is 5.49. The number of rotatable bonds is 3. The average Bonchev–Trinajstić information content (AvgIpc) is 2.37. The van der Waals surface area contributed by atoms with Crippen LogP contribution in [-0.2, 0) is 4.74 Å². The van der Waals surface area contributed by atoms with Gasteiger partial charge < -0.3 is 10.5 Å². The minimum atomic E-state index is 0.564. The van der Waals surface area contributed by atoms with Crippen molar-refractivity contribution < 1.29 is 4.74 Å².